The Balaban J connectivity index is 0.00000520. The molecule has 0 fully saturated rings. The molecule has 48 heavy (non-hydrogen) atoms. The number of benzene rings is 2. The van der Waals surface area contributed by atoms with Gasteiger partial charge in [0, 0.05) is 59.9 Å². The number of carboxylic acids is 1. The number of hydrogen-bond acceptors (Lipinski definition) is 4. The number of anilines is 1. The minimum atomic E-state index is -0.727. The number of para-hydroxylation sites is 2. The minimum absolute atomic E-state index is 0. The molecule has 8 heteroatoms. The van der Waals surface area contributed by atoms with Gasteiger partial charge in [-0.05, 0) is 94.1 Å². The Morgan fingerprint density at radius 3 is 2.56 bits per heavy atom. The van der Waals surface area contributed by atoms with E-state index in [2.05, 4.69) is 96.2 Å². The first-order valence-corrected chi connectivity index (χ1v) is 17.5. The van der Waals surface area contributed by atoms with Gasteiger partial charge in [-0.15, -0.1) is 0 Å². The van der Waals surface area contributed by atoms with Crippen LogP contribution in [0.3, 0.4) is 0 Å². The maximum absolute atomic E-state index is 11.0. The average Bonchev–Trinajstić information content (AvgIpc) is 3.52. The summed E-state index contributed by atoms with van der Waals surface area (Å²) in [6.45, 7) is 7.36. The summed E-state index contributed by atoms with van der Waals surface area (Å²) in [6.07, 6.45) is 18.5. The van der Waals surface area contributed by atoms with Crippen molar-refractivity contribution in [3.05, 3.63) is 106 Å². The molecule has 0 radical (unpaired) electrons. The van der Waals surface area contributed by atoms with Gasteiger partial charge in [-0.25, -0.2) is 0 Å². The molecule has 1 aliphatic carbocycles. The molecular formula is C40H48BrClN2O4. The van der Waals surface area contributed by atoms with Crippen LogP contribution in [-0.2, 0) is 26.2 Å². The molecule has 256 valence electrons. The predicted octanol–water partition coefficient (Wildman–Crippen LogP) is 6.16. The van der Waals surface area contributed by atoms with Crippen molar-refractivity contribution in [2.75, 3.05) is 24.6 Å². The lowest BCUT2D eigenvalue weighted by Gasteiger charge is -2.22. The van der Waals surface area contributed by atoms with Gasteiger partial charge in [0.15, 0.2) is 5.71 Å². The number of carbonyl (C=O) groups is 2. The number of unbranched alkanes of at least 4 members (excludes halogenated alkanes) is 4. The molecule has 2 aromatic carbocycles. The highest BCUT2D eigenvalue weighted by atomic mass is 79.9. The number of carboxylic acid groups (broad SMARTS) is 1. The maximum atomic E-state index is 11.0. The number of rotatable bonds is 16. The Bertz CT molecular complexity index is 1620. The highest BCUT2D eigenvalue weighted by Crippen LogP contribution is 2.41. The molecule has 2 aromatic rings. The topological polar surface area (TPSA) is 69.8 Å². The fourth-order valence-corrected chi connectivity index (χ4v) is 7.47. The van der Waals surface area contributed by atoms with Gasteiger partial charge in [-0.2, -0.15) is 4.58 Å². The summed E-state index contributed by atoms with van der Waals surface area (Å²) >= 11 is 7.14. The minimum Gasteiger partial charge on any atom is -1.00 e. The lowest BCUT2D eigenvalue weighted by Crippen LogP contribution is -3.00. The van der Waals surface area contributed by atoms with Gasteiger partial charge in [-0.1, -0.05) is 60.2 Å². The second-order valence-electron chi connectivity index (χ2n) is 13.2. The first kappa shape index (κ1) is 37.4. The lowest BCUT2D eigenvalue weighted by molar-refractivity contribution is -0.438. The van der Waals surface area contributed by atoms with Gasteiger partial charge in [-0.3, -0.25) is 9.59 Å². The summed E-state index contributed by atoms with van der Waals surface area (Å²) < 4.78 is 7.28. The van der Waals surface area contributed by atoms with Crippen molar-refractivity contribution in [2.45, 2.75) is 89.9 Å². The quantitative estimate of drug-likeness (QED) is 0.127. The van der Waals surface area contributed by atoms with E-state index in [4.69, 9.17) is 21.4 Å². The zero-order valence-corrected chi connectivity index (χ0v) is 30.6. The third kappa shape index (κ3) is 8.97. The zero-order valence-electron chi connectivity index (χ0n) is 28.2. The Hall–Kier alpha value is -3.42. The first-order chi connectivity index (χ1) is 22.8. The number of fused-ring (bicyclic) bond motifs is 2. The number of carbonyl (C=O) groups excluding carboxylic acids is 1. The Labute approximate surface area is 301 Å². The van der Waals surface area contributed by atoms with Crippen LogP contribution in [0.2, 0.25) is 0 Å². The van der Waals surface area contributed by atoms with Crippen LogP contribution in [0.1, 0.15) is 89.2 Å². The zero-order chi connectivity index (χ0) is 33.2. The van der Waals surface area contributed by atoms with Crippen molar-refractivity contribution in [1.29, 1.82) is 0 Å². The van der Waals surface area contributed by atoms with Crippen LogP contribution in [-0.4, -0.2) is 47.5 Å². The van der Waals surface area contributed by atoms with Gasteiger partial charge in [0.2, 0.25) is 5.69 Å². The van der Waals surface area contributed by atoms with Crippen LogP contribution in [0.15, 0.2) is 94.7 Å². The third-order valence-corrected chi connectivity index (χ3v) is 10.1. The number of nitrogens with zero attached hydrogens (tertiary/aromatic N) is 2. The number of aliphatic carboxylic acids is 1. The second-order valence-corrected chi connectivity index (χ2v) is 13.6. The molecule has 5 rings (SSSR count). The molecular weight excluding hydrogens is 688 g/mol. The molecule has 0 aromatic heterocycles. The van der Waals surface area contributed by atoms with Crippen molar-refractivity contribution in [3.8, 4) is 0 Å². The van der Waals surface area contributed by atoms with Gasteiger partial charge in [0.05, 0.1) is 12.0 Å². The van der Waals surface area contributed by atoms with E-state index in [9.17, 15) is 9.59 Å². The van der Waals surface area contributed by atoms with E-state index < -0.39 is 5.97 Å². The highest BCUT2D eigenvalue weighted by molar-refractivity contribution is 6.32. The molecule has 3 aliphatic rings. The van der Waals surface area contributed by atoms with E-state index in [1.165, 1.54) is 45.1 Å². The SMILES string of the molecule is CC1(C)C(/C=C/C2=C(Cl)C(=C/C=C3\Cc4ccccc4N3CCCCCOC=O)/CCC2)=[N+](CCCCCC(=O)O)c2ccccc21.[Br-]. The van der Waals surface area contributed by atoms with Crippen LogP contribution in [0.25, 0.3) is 0 Å². The monoisotopic (exact) mass is 734 g/mol. The third-order valence-electron chi connectivity index (χ3n) is 9.66. The number of halogens is 2. The van der Waals surface area contributed by atoms with Gasteiger partial charge >= 0.3 is 5.97 Å². The van der Waals surface area contributed by atoms with E-state index in [-0.39, 0.29) is 28.8 Å². The molecule has 0 unspecified atom stereocenters. The second kappa shape index (κ2) is 17.8. The number of allylic oxidation sites excluding steroid dienone is 8. The lowest BCUT2D eigenvalue weighted by atomic mass is 9.81. The summed E-state index contributed by atoms with van der Waals surface area (Å²) in [6, 6.07) is 17.3. The summed E-state index contributed by atoms with van der Waals surface area (Å²) in [7, 11) is 0. The van der Waals surface area contributed by atoms with E-state index in [0.29, 0.717) is 19.5 Å². The maximum Gasteiger partial charge on any atom is 0.303 e. The molecule has 2 aliphatic heterocycles. The van der Waals surface area contributed by atoms with Crippen LogP contribution in [0.4, 0.5) is 11.4 Å². The van der Waals surface area contributed by atoms with E-state index in [1.807, 2.05) is 0 Å². The van der Waals surface area contributed by atoms with E-state index in [1.54, 1.807) is 0 Å². The molecule has 6 nitrogen and oxygen atoms in total. The number of hydrogen-bond donors (Lipinski definition) is 1. The van der Waals surface area contributed by atoms with Gasteiger partial charge in [0.25, 0.3) is 6.47 Å². The Kier molecular flexibility index (Phi) is 13.9. The van der Waals surface area contributed by atoms with Gasteiger partial charge in [0.1, 0.15) is 6.54 Å². The fraction of sp³-hybridized carbons (Fsp3) is 0.425. The van der Waals surface area contributed by atoms with Crippen molar-refractivity contribution in [2.24, 2.45) is 0 Å². The molecule has 0 saturated carbocycles. The molecule has 1 N–H and O–H groups in total. The predicted molar refractivity (Wildman–Crippen MR) is 191 cm³/mol. The Morgan fingerprint density at radius 2 is 1.75 bits per heavy atom. The van der Waals surface area contributed by atoms with Crippen molar-refractivity contribution < 1.29 is 41.0 Å². The first-order valence-electron chi connectivity index (χ1n) is 17.1. The van der Waals surface area contributed by atoms with Crippen molar-refractivity contribution >= 4 is 41.1 Å². The molecule has 0 bridgehead atoms. The van der Waals surface area contributed by atoms with Crippen molar-refractivity contribution in [1.82, 2.24) is 0 Å². The summed E-state index contributed by atoms with van der Waals surface area (Å²) in [5.74, 6) is -0.727. The highest BCUT2D eigenvalue weighted by Gasteiger charge is 2.43. The Morgan fingerprint density at radius 1 is 0.979 bits per heavy atom. The van der Waals surface area contributed by atoms with E-state index in [0.717, 1.165) is 75.9 Å². The molecule has 0 amide bonds. The summed E-state index contributed by atoms with van der Waals surface area (Å²) in [5.41, 5.74) is 9.92. The molecule has 0 saturated heterocycles. The number of ether oxygens (including phenoxy) is 1. The average molecular weight is 736 g/mol. The van der Waals surface area contributed by atoms with Gasteiger partial charge < -0.3 is 31.7 Å². The van der Waals surface area contributed by atoms with Crippen LogP contribution in [0.5, 0.6) is 0 Å². The van der Waals surface area contributed by atoms with E-state index >= 15 is 0 Å². The molecule has 0 atom stereocenters. The summed E-state index contributed by atoms with van der Waals surface area (Å²) in [4.78, 5) is 23.9. The largest absolute Gasteiger partial charge is 1.00 e. The standard InChI is InChI=1S/C40H47ClN2O4.BrH/c1-40(2)34-17-7-9-19-36(34)43(26-10-3-5-20-38(45)46)37(40)24-22-31-16-13-15-30(39(31)41)21-23-33-28-32-14-6-8-18-35(32)42(33)25-11-4-12-27-47-29-44;/h6-9,14,17-19,21-24,29H,3-5,10-13,15-16,20,25-28H2,1-2H3;1H. The summed E-state index contributed by atoms with van der Waals surface area (Å²) in [5, 5.41) is 9.90. The van der Waals surface area contributed by atoms with Crippen molar-refractivity contribution in [3.63, 3.8) is 0 Å². The smallest absolute Gasteiger partial charge is 0.303 e. The van der Waals surface area contributed by atoms with Crippen LogP contribution >= 0.6 is 11.6 Å². The van der Waals surface area contributed by atoms with Crippen LogP contribution < -0.4 is 21.9 Å². The molecule has 2 heterocycles. The fourth-order valence-electron chi connectivity index (χ4n) is 7.15. The molecule has 0 spiro atoms. The van der Waals surface area contributed by atoms with Crippen LogP contribution in [0, 0.1) is 0 Å². The normalized spacial score (nSPS) is 18.4.